The number of anilines is 1. The molecule has 1 atom stereocenters. The molecule has 0 aliphatic carbocycles. The maximum Gasteiger partial charge on any atom is 0.251 e. The number of carbonyl (C=O) groups is 1. The van der Waals surface area contributed by atoms with Gasteiger partial charge in [-0.25, -0.2) is 4.39 Å². The van der Waals surface area contributed by atoms with Gasteiger partial charge >= 0.3 is 0 Å². The van der Waals surface area contributed by atoms with Crippen molar-refractivity contribution in [3.63, 3.8) is 0 Å². The van der Waals surface area contributed by atoms with Crippen LogP contribution in [0.1, 0.15) is 40.9 Å². The molecule has 0 bridgehead atoms. The Labute approximate surface area is 124 Å². The van der Waals surface area contributed by atoms with E-state index in [9.17, 15) is 9.18 Å². The van der Waals surface area contributed by atoms with Crippen LogP contribution in [0.2, 0.25) is 0 Å². The second-order valence-electron chi connectivity index (χ2n) is 5.08. The van der Waals surface area contributed by atoms with Gasteiger partial charge in [-0.2, -0.15) is 0 Å². The van der Waals surface area contributed by atoms with Gasteiger partial charge in [-0.3, -0.25) is 4.79 Å². The Balaban J connectivity index is 2.15. The molecule has 0 fully saturated rings. The first-order valence-corrected chi connectivity index (χ1v) is 6.93. The lowest BCUT2D eigenvalue weighted by Crippen LogP contribution is -2.28. The standard InChI is InChI=1S/C17H19FN2O/c1-3-16(12-6-4-11(2)5-7-12)20-17(21)13-8-9-15(19)14(18)10-13/h4-10,16H,3,19H2,1-2H3,(H,20,21). The predicted molar refractivity (Wildman–Crippen MR) is 82.5 cm³/mol. The predicted octanol–water partition coefficient (Wildman–Crippen LogP) is 3.60. The second-order valence-corrected chi connectivity index (χ2v) is 5.08. The van der Waals surface area contributed by atoms with Crippen molar-refractivity contribution in [1.29, 1.82) is 0 Å². The number of carbonyl (C=O) groups excluding carboxylic acids is 1. The molecule has 2 rings (SSSR count). The Morgan fingerprint density at radius 2 is 1.90 bits per heavy atom. The van der Waals surface area contributed by atoms with Crippen molar-refractivity contribution in [2.75, 3.05) is 5.73 Å². The van der Waals surface area contributed by atoms with Crippen LogP contribution in [0, 0.1) is 12.7 Å². The Hall–Kier alpha value is -2.36. The molecule has 2 aromatic rings. The molecule has 0 radical (unpaired) electrons. The molecule has 1 amide bonds. The minimum Gasteiger partial charge on any atom is -0.396 e. The highest BCUT2D eigenvalue weighted by Crippen LogP contribution is 2.19. The van der Waals surface area contributed by atoms with E-state index in [2.05, 4.69) is 5.32 Å². The number of nitrogens with one attached hydrogen (secondary N) is 1. The number of halogens is 1. The van der Waals surface area contributed by atoms with E-state index in [1.807, 2.05) is 38.1 Å². The molecule has 0 heterocycles. The van der Waals surface area contributed by atoms with E-state index in [0.717, 1.165) is 18.1 Å². The Morgan fingerprint density at radius 3 is 2.48 bits per heavy atom. The zero-order valence-electron chi connectivity index (χ0n) is 12.2. The summed E-state index contributed by atoms with van der Waals surface area (Å²) in [6.45, 7) is 4.01. The Bertz CT molecular complexity index is 638. The van der Waals surface area contributed by atoms with E-state index in [-0.39, 0.29) is 23.2 Å². The summed E-state index contributed by atoms with van der Waals surface area (Å²) < 4.78 is 13.4. The van der Waals surface area contributed by atoms with Crippen molar-refractivity contribution >= 4 is 11.6 Å². The van der Waals surface area contributed by atoms with Crippen molar-refractivity contribution in [3.8, 4) is 0 Å². The lowest BCUT2D eigenvalue weighted by atomic mass is 10.0. The molecule has 0 spiro atoms. The van der Waals surface area contributed by atoms with Crippen LogP contribution in [0.4, 0.5) is 10.1 Å². The summed E-state index contributed by atoms with van der Waals surface area (Å²) in [5.41, 5.74) is 7.93. The molecule has 0 aromatic heterocycles. The molecule has 1 unspecified atom stereocenters. The number of nitrogens with two attached hydrogens (primary N) is 1. The summed E-state index contributed by atoms with van der Waals surface area (Å²) in [5.74, 6) is -0.882. The largest absolute Gasteiger partial charge is 0.396 e. The fourth-order valence-corrected chi connectivity index (χ4v) is 2.13. The normalized spacial score (nSPS) is 12.0. The van der Waals surface area contributed by atoms with Crippen LogP contribution in [0.5, 0.6) is 0 Å². The molecule has 0 saturated carbocycles. The Morgan fingerprint density at radius 1 is 1.24 bits per heavy atom. The van der Waals surface area contributed by atoms with Gasteiger partial charge < -0.3 is 11.1 Å². The highest BCUT2D eigenvalue weighted by atomic mass is 19.1. The molecule has 0 aliphatic heterocycles. The quantitative estimate of drug-likeness (QED) is 0.844. The lowest BCUT2D eigenvalue weighted by Gasteiger charge is -2.18. The second kappa shape index (κ2) is 6.39. The van der Waals surface area contributed by atoms with Crippen LogP contribution in [-0.2, 0) is 0 Å². The van der Waals surface area contributed by atoms with Crippen LogP contribution >= 0.6 is 0 Å². The lowest BCUT2D eigenvalue weighted by molar-refractivity contribution is 0.0935. The number of nitrogen functional groups attached to an aromatic ring is 1. The van der Waals surface area contributed by atoms with Crippen LogP contribution in [-0.4, -0.2) is 5.91 Å². The maximum atomic E-state index is 13.4. The SMILES string of the molecule is CCC(NC(=O)c1ccc(N)c(F)c1)c1ccc(C)cc1. The zero-order valence-corrected chi connectivity index (χ0v) is 12.2. The highest BCUT2D eigenvalue weighted by Gasteiger charge is 2.15. The number of hydrogen-bond acceptors (Lipinski definition) is 2. The fourth-order valence-electron chi connectivity index (χ4n) is 2.13. The van der Waals surface area contributed by atoms with Crippen LogP contribution in [0.15, 0.2) is 42.5 Å². The van der Waals surface area contributed by atoms with Crippen LogP contribution in [0.25, 0.3) is 0 Å². The van der Waals surface area contributed by atoms with Gasteiger partial charge in [0.1, 0.15) is 5.82 Å². The number of aryl methyl sites for hydroxylation is 1. The highest BCUT2D eigenvalue weighted by molar-refractivity contribution is 5.94. The van der Waals surface area contributed by atoms with E-state index >= 15 is 0 Å². The van der Waals surface area contributed by atoms with Crippen LogP contribution in [0.3, 0.4) is 0 Å². The first-order valence-electron chi connectivity index (χ1n) is 6.93. The van der Waals surface area contributed by atoms with Gasteiger partial charge in [0, 0.05) is 5.56 Å². The van der Waals surface area contributed by atoms with Crippen molar-refractivity contribution in [2.24, 2.45) is 0 Å². The number of rotatable bonds is 4. The number of amides is 1. The minimum absolute atomic E-state index is 0.0390. The summed E-state index contributed by atoms with van der Waals surface area (Å²) in [4.78, 5) is 12.2. The van der Waals surface area contributed by atoms with Crippen molar-refractivity contribution in [1.82, 2.24) is 5.32 Å². The molecule has 0 aliphatic rings. The van der Waals surface area contributed by atoms with Gasteiger partial charge in [0.15, 0.2) is 0 Å². The monoisotopic (exact) mass is 286 g/mol. The molecule has 3 nitrogen and oxygen atoms in total. The minimum atomic E-state index is -0.578. The van der Waals surface area contributed by atoms with Crippen molar-refractivity contribution < 1.29 is 9.18 Å². The molecule has 110 valence electrons. The van der Waals surface area contributed by atoms with Gasteiger partial charge in [0.05, 0.1) is 11.7 Å². The number of hydrogen-bond donors (Lipinski definition) is 2. The van der Waals surface area contributed by atoms with Gasteiger partial charge in [-0.05, 0) is 37.1 Å². The molecule has 21 heavy (non-hydrogen) atoms. The number of benzene rings is 2. The van der Waals surface area contributed by atoms with E-state index in [1.165, 1.54) is 17.7 Å². The molecular weight excluding hydrogens is 267 g/mol. The maximum absolute atomic E-state index is 13.4. The summed E-state index contributed by atoms with van der Waals surface area (Å²) in [6, 6.07) is 12.0. The van der Waals surface area contributed by atoms with E-state index in [1.54, 1.807) is 0 Å². The fraction of sp³-hybridized carbons (Fsp3) is 0.235. The van der Waals surface area contributed by atoms with E-state index in [4.69, 9.17) is 5.73 Å². The molecular formula is C17H19FN2O. The first kappa shape index (κ1) is 15.0. The van der Waals surface area contributed by atoms with Crippen molar-refractivity contribution in [2.45, 2.75) is 26.3 Å². The van der Waals surface area contributed by atoms with Crippen LogP contribution < -0.4 is 11.1 Å². The first-order chi connectivity index (χ1) is 10.0. The summed E-state index contributed by atoms with van der Waals surface area (Å²) in [7, 11) is 0. The van der Waals surface area contributed by atoms with Gasteiger partial charge in [-0.15, -0.1) is 0 Å². The van der Waals surface area contributed by atoms with E-state index < -0.39 is 5.82 Å². The third-order valence-electron chi connectivity index (χ3n) is 3.46. The van der Waals surface area contributed by atoms with Gasteiger partial charge in [0.25, 0.3) is 5.91 Å². The smallest absolute Gasteiger partial charge is 0.251 e. The topological polar surface area (TPSA) is 55.1 Å². The molecule has 2 aromatic carbocycles. The summed E-state index contributed by atoms with van der Waals surface area (Å²) in [5, 5.41) is 2.92. The Kier molecular flexibility index (Phi) is 4.58. The molecule has 3 N–H and O–H groups in total. The molecule has 0 saturated heterocycles. The average molecular weight is 286 g/mol. The third kappa shape index (κ3) is 3.60. The third-order valence-corrected chi connectivity index (χ3v) is 3.46. The van der Waals surface area contributed by atoms with E-state index in [0.29, 0.717) is 0 Å². The van der Waals surface area contributed by atoms with Gasteiger partial charge in [0.2, 0.25) is 0 Å². The average Bonchev–Trinajstić information content (AvgIpc) is 2.48. The van der Waals surface area contributed by atoms with Gasteiger partial charge in [-0.1, -0.05) is 36.8 Å². The van der Waals surface area contributed by atoms with Crippen molar-refractivity contribution in [3.05, 3.63) is 65.0 Å². The summed E-state index contributed by atoms with van der Waals surface area (Å²) >= 11 is 0. The zero-order chi connectivity index (χ0) is 15.4. The summed E-state index contributed by atoms with van der Waals surface area (Å²) in [6.07, 6.45) is 0.756. The molecule has 4 heteroatoms.